The van der Waals surface area contributed by atoms with Crippen LogP contribution in [0, 0.1) is 0 Å². The molecule has 0 spiro atoms. The van der Waals surface area contributed by atoms with E-state index in [2.05, 4.69) is 30.5 Å². The van der Waals surface area contributed by atoms with Crippen molar-refractivity contribution < 1.29 is 13.9 Å². The molecule has 2 N–H and O–H groups in total. The fraction of sp³-hybridized carbons (Fsp3) is 0.556. The highest BCUT2D eigenvalue weighted by Crippen LogP contribution is 2.39. The molecular weight excluding hydrogens is 379 g/mol. The van der Waals surface area contributed by atoms with Gasteiger partial charge in [0.25, 0.3) is 0 Å². The molecule has 0 radical (unpaired) electrons. The first kappa shape index (κ1) is 17.1. The number of aromatic nitrogens is 6. The number of nitrogens with zero attached hydrogens (tertiary/aromatic N) is 6. The molecule has 0 aliphatic carbocycles. The number of rotatable bonds is 4. The standard InChI is InChI=1S/C18H21FN8O2/c19-13-8-28-2-1-14(13)23-18-24-17-16(26-6-12-3-11(26)7-29-12)15(10-4-21-22-5-10)20-9-27(17)25-18/h4-5,9,11-14H,1-3,6-8H2,(H,21,22)(H,23,25)/t11-,12-,13-,14+/m1/s1. The second-order valence-corrected chi connectivity index (χ2v) is 7.76. The molecule has 0 saturated carbocycles. The molecule has 3 aromatic heterocycles. The summed E-state index contributed by atoms with van der Waals surface area (Å²) in [5, 5.41) is 14.6. The summed E-state index contributed by atoms with van der Waals surface area (Å²) in [6.45, 7) is 2.11. The molecule has 3 aromatic rings. The van der Waals surface area contributed by atoms with Crippen LogP contribution in [0.1, 0.15) is 12.8 Å². The van der Waals surface area contributed by atoms with E-state index < -0.39 is 6.17 Å². The van der Waals surface area contributed by atoms with E-state index in [-0.39, 0.29) is 24.8 Å². The first-order valence-corrected chi connectivity index (χ1v) is 9.87. The minimum atomic E-state index is -1.08. The van der Waals surface area contributed by atoms with Gasteiger partial charge in [0.15, 0.2) is 5.65 Å². The maximum absolute atomic E-state index is 14.2. The van der Waals surface area contributed by atoms with Crippen LogP contribution in [0.25, 0.3) is 16.9 Å². The summed E-state index contributed by atoms with van der Waals surface area (Å²) in [5.41, 5.74) is 3.28. The van der Waals surface area contributed by atoms with Gasteiger partial charge in [-0.25, -0.2) is 9.37 Å². The van der Waals surface area contributed by atoms with Crippen molar-refractivity contribution in [2.75, 3.05) is 36.6 Å². The number of ether oxygens (including phenoxy) is 2. The van der Waals surface area contributed by atoms with E-state index in [1.165, 1.54) is 0 Å². The largest absolute Gasteiger partial charge is 0.378 e. The van der Waals surface area contributed by atoms with E-state index in [1.54, 1.807) is 17.0 Å². The normalized spacial score (nSPS) is 29.1. The second-order valence-electron chi connectivity index (χ2n) is 7.76. The van der Waals surface area contributed by atoms with E-state index in [0.29, 0.717) is 31.2 Å². The maximum Gasteiger partial charge on any atom is 0.243 e. The first-order chi connectivity index (χ1) is 14.3. The summed E-state index contributed by atoms with van der Waals surface area (Å²) < 4.78 is 26.8. The number of morpholine rings is 1. The molecule has 3 saturated heterocycles. The van der Waals surface area contributed by atoms with Gasteiger partial charge in [-0.05, 0) is 12.8 Å². The van der Waals surface area contributed by atoms with Crippen LogP contribution in [0.5, 0.6) is 0 Å². The Morgan fingerprint density at radius 3 is 3.03 bits per heavy atom. The average Bonchev–Trinajstić information content (AvgIpc) is 3.52. The lowest BCUT2D eigenvalue weighted by Crippen LogP contribution is -2.39. The molecule has 4 atom stereocenters. The van der Waals surface area contributed by atoms with Gasteiger partial charge in [0, 0.05) is 24.9 Å². The summed E-state index contributed by atoms with van der Waals surface area (Å²) in [5.74, 6) is 0.396. The zero-order chi connectivity index (χ0) is 19.4. The number of alkyl halides is 1. The fourth-order valence-corrected chi connectivity index (χ4v) is 4.47. The van der Waals surface area contributed by atoms with Crippen LogP contribution in [-0.4, -0.2) is 80.5 Å². The third kappa shape index (κ3) is 2.84. The van der Waals surface area contributed by atoms with Gasteiger partial charge in [0.05, 0.1) is 37.6 Å². The molecule has 0 amide bonds. The van der Waals surface area contributed by atoms with Gasteiger partial charge in [0.1, 0.15) is 23.9 Å². The molecule has 0 aromatic carbocycles. The first-order valence-electron chi connectivity index (χ1n) is 9.87. The van der Waals surface area contributed by atoms with Crippen molar-refractivity contribution in [2.45, 2.75) is 37.2 Å². The van der Waals surface area contributed by atoms with Crippen LogP contribution in [-0.2, 0) is 9.47 Å². The molecule has 0 unspecified atom stereocenters. The Balaban J connectivity index is 1.43. The lowest BCUT2D eigenvalue weighted by atomic mass is 10.1. The maximum atomic E-state index is 14.2. The van der Waals surface area contributed by atoms with Crippen molar-refractivity contribution in [3.8, 4) is 11.3 Å². The Hall–Kier alpha value is -2.79. The number of anilines is 2. The van der Waals surface area contributed by atoms with Gasteiger partial charge in [-0.15, -0.1) is 5.10 Å². The zero-order valence-corrected chi connectivity index (χ0v) is 15.7. The number of hydrogen-bond donors (Lipinski definition) is 2. The topological polar surface area (TPSA) is 105 Å². The van der Waals surface area contributed by atoms with Gasteiger partial charge in [0.2, 0.25) is 5.95 Å². The number of hydrogen-bond acceptors (Lipinski definition) is 8. The second kappa shape index (κ2) is 6.63. The number of fused-ring (bicyclic) bond motifs is 3. The Morgan fingerprint density at radius 1 is 1.31 bits per heavy atom. The van der Waals surface area contributed by atoms with Gasteiger partial charge in [-0.3, -0.25) is 5.10 Å². The summed E-state index contributed by atoms with van der Waals surface area (Å²) in [6, 6.07) is -0.0698. The molecule has 29 heavy (non-hydrogen) atoms. The molecule has 10 nitrogen and oxygen atoms in total. The summed E-state index contributed by atoms with van der Waals surface area (Å²) in [6.07, 6.45) is 5.93. The predicted octanol–water partition coefficient (Wildman–Crippen LogP) is 1.03. The minimum absolute atomic E-state index is 0.0966. The molecule has 152 valence electrons. The average molecular weight is 400 g/mol. The quantitative estimate of drug-likeness (QED) is 0.669. The smallest absolute Gasteiger partial charge is 0.243 e. The molecule has 3 aliphatic rings. The van der Waals surface area contributed by atoms with Crippen LogP contribution < -0.4 is 10.2 Å². The van der Waals surface area contributed by atoms with E-state index in [4.69, 9.17) is 14.5 Å². The van der Waals surface area contributed by atoms with E-state index in [1.807, 2.05) is 6.20 Å². The van der Waals surface area contributed by atoms with Crippen LogP contribution in [0.15, 0.2) is 18.7 Å². The van der Waals surface area contributed by atoms with E-state index in [0.717, 1.165) is 29.9 Å². The van der Waals surface area contributed by atoms with Crippen LogP contribution >= 0.6 is 0 Å². The van der Waals surface area contributed by atoms with Gasteiger partial charge < -0.3 is 19.7 Å². The lowest BCUT2D eigenvalue weighted by molar-refractivity contribution is 0.0284. The molecule has 3 aliphatic heterocycles. The third-order valence-corrected chi connectivity index (χ3v) is 5.92. The highest BCUT2D eigenvalue weighted by Gasteiger charge is 2.41. The number of halogens is 1. The highest BCUT2D eigenvalue weighted by atomic mass is 19.1. The predicted molar refractivity (Wildman–Crippen MR) is 102 cm³/mol. The van der Waals surface area contributed by atoms with Gasteiger partial charge >= 0.3 is 0 Å². The Labute approximate surface area is 165 Å². The van der Waals surface area contributed by atoms with Gasteiger partial charge in [-0.1, -0.05) is 0 Å². The molecular formula is C18H21FN8O2. The summed E-state index contributed by atoms with van der Waals surface area (Å²) >= 11 is 0. The van der Waals surface area contributed by atoms with E-state index in [9.17, 15) is 4.39 Å². The van der Waals surface area contributed by atoms with Crippen molar-refractivity contribution in [1.82, 2.24) is 29.8 Å². The van der Waals surface area contributed by atoms with Crippen molar-refractivity contribution in [3.05, 3.63) is 18.7 Å². The number of H-pyrrole nitrogens is 1. The zero-order valence-electron chi connectivity index (χ0n) is 15.7. The van der Waals surface area contributed by atoms with Gasteiger partial charge in [-0.2, -0.15) is 14.6 Å². The number of nitrogens with one attached hydrogen (secondary N) is 2. The monoisotopic (exact) mass is 400 g/mol. The van der Waals surface area contributed by atoms with Crippen molar-refractivity contribution in [3.63, 3.8) is 0 Å². The molecule has 3 fully saturated rings. The van der Waals surface area contributed by atoms with Crippen LogP contribution in [0.3, 0.4) is 0 Å². The molecule has 2 bridgehead atoms. The third-order valence-electron chi connectivity index (χ3n) is 5.92. The Bertz CT molecular complexity index is 1020. The highest BCUT2D eigenvalue weighted by molar-refractivity contribution is 5.85. The van der Waals surface area contributed by atoms with E-state index >= 15 is 0 Å². The van der Waals surface area contributed by atoms with Crippen molar-refractivity contribution >= 4 is 17.3 Å². The summed E-state index contributed by atoms with van der Waals surface area (Å²) in [4.78, 5) is 11.7. The fourth-order valence-electron chi connectivity index (χ4n) is 4.47. The van der Waals surface area contributed by atoms with Crippen LogP contribution in [0.4, 0.5) is 16.0 Å². The van der Waals surface area contributed by atoms with Crippen molar-refractivity contribution in [1.29, 1.82) is 0 Å². The molecule has 6 rings (SSSR count). The lowest BCUT2D eigenvalue weighted by Gasteiger charge is -2.30. The molecule has 6 heterocycles. The SMILES string of the molecule is F[C@@H]1COCC[C@@H]1Nc1nc2c(N3C[C@H]4C[C@@H]3CO4)c(-c3cn[nH]c3)ncn2n1. The number of aromatic amines is 1. The Morgan fingerprint density at radius 2 is 2.28 bits per heavy atom. The molecule has 11 heteroatoms. The summed E-state index contributed by atoms with van der Waals surface area (Å²) in [7, 11) is 0. The van der Waals surface area contributed by atoms with Crippen LogP contribution in [0.2, 0.25) is 0 Å². The Kier molecular flexibility index (Phi) is 3.91. The van der Waals surface area contributed by atoms with Crippen molar-refractivity contribution in [2.24, 2.45) is 0 Å². The minimum Gasteiger partial charge on any atom is -0.378 e.